The number of nitrogens with zero attached hydrogens (tertiary/aromatic N) is 5. The topological polar surface area (TPSA) is 78.9 Å². The highest BCUT2D eigenvalue weighted by Gasteiger charge is 2.38. The van der Waals surface area contributed by atoms with Gasteiger partial charge in [0, 0.05) is 44.5 Å². The summed E-state index contributed by atoms with van der Waals surface area (Å²) in [6, 6.07) is 11.4. The number of rotatable bonds is 3. The van der Waals surface area contributed by atoms with E-state index in [4.69, 9.17) is 9.72 Å². The third-order valence-corrected chi connectivity index (χ3v) is 5.54. The molecule has 0 saturated carbocycles. The number of amides is 2. The van der Waals surface area contributed by atoms with Crippen LogP contribution in [0.3, 0.4) is 0 Å². The van der Waals surface area contributed by atoms with Gasteiger partial charge in [-0.15, -0.1) is 0 Å². The predicted octanol–water partition coefficient (Wildman–Crippen LogP) is 2.02. The maximum atomic E-state index is 12.9. The normalized spacial score (nSPS) is 19.3. The second kappa shape index (κ2) is 8.46. The number of piperazine rings is 1. The van der Waals surface area contributed by atoms with Crippen LogP contribution in [0.15, 0.2) is 42.6 Å². The first kappa shape index (κ1) is 19.2. The van der Waals surface area contributed by atoms with Gasteiger partial charge in [0.2, 0.25) is 5.91 Å². The molecule has 2 aromatic rings. The third kappa shape index (κ3) is 4.01. The first-order valence-electron chi connectivity index (χ1n) is 9.94. The minimum Gasteiger partial charge on any atom is -0.453 e. The fourth-order valence-corrected chi connectivity index (χ4v) is 3.98. The second-order valence-corrected chi connectivity index (χ2v) is 7.24. The molecular formula is C21H25N5O3. The van der Waals surface area contributed by atoms with E-state index in [9.17, 15) is 9.59 Å². The van der Waals surface area contributed by atoms with E-state index in [1.54, 1.807) is 11.1 Å². The van der Waals surface area contributed by atoms with Crippen LogP contribution in [0.2, 0.25) is 0 Å². The number of likely N-dealkylation sites (tertiary alicyclic amines) is 1. The van der Waals surface area contributed by atoms with E-state index >= 15 is 0 Å². The summed E-state index contributed by atoms with van der Waals surface area (Å²) in [4.78, 5) is 39.5. The molecule has 0 bridgehead atoms. The van der Waals surface area contributed by atoms with E-state index in [0.29, 0.717) is 45.0 Å². The molecule has 2 aliphatic heterocycles. The van der Waals surface area contributed by atoms with E-state index in [2.05, 4.69) is 9.88 Å². The molecule has 0 radical (unpaired) electrons. The maximum Gasteiger partial charge on any atom is 0.410 e. The lowest BCUT2D eigenvalue weighted by molar-refractivity contribution is -0.135. The number of benzene rings is 1. The Morgan fingerprint density at radius 2 is 1.79 bits per heavy atom. The highest BCUT2D eigenvalue weighted by molar-refractivity contribution is 5.86. The van der Waals surface area contributed by atoms with Crippen LogP contribution in [0.4, 0.5) is 10.6 Å². The Balaban J connectivity index is 1.40. The van der Waals surface area contributed by atoms with Gasteiger partial charge in [-0.05, 0) is 18.9 Å². The van der Waals surface area contributed by atoms with Gasteiger partial charge in [0.15, 0.2) is 5.82 Å². The molecule has 4 rings (SSSR count). The minimum absolute atomic E-state index is 0.0141. The van der Waals surface area contributed by atoms with Crippen molar-refractivity contribution in [1.29, 1.82) is 0 Å². The Kier molecular flexibility index (Phi) is 5.59. The Morgan fingerprint density at radius 1 is 1.03 bits per heavy atom. The monoisotopic (exact) mass is 395 g/mol. The minimum atomic E-state index is -0.422. The van der Waals surface area contributed by atoms with Crippen LogP contribution in [-0.4, -0.2) is 77.6 Å². The zero-order valence-electron chi connectivity index (χ0n) is 16.5. The van der Waals surface area contributed by atoms with E-state index in [-0.39, 0.29) is 5.91 Å². The van der Waals surface area contributed by atoms with E-state index in [1.165, 1.54) is 7.11 Å². The van der Waals surface area contributed by atoms with Crippen molar-refractivity contribution in [2.24, 2.45) is 0 Å². The largest absolute Gasteiger partial charge is 0.453 e. The number of aromatic nitrogens is 2. The number of ether oxygens (including phenoxy) is 1. The Labute approximate surface area is 170 Å². The molecule has 1 unspecified atom stereocenters. The van der Waals surface area contributed by atoms with Gasteiger partial charge in [-0.2, -0.15) is 0 Å². The second-order valence-electron chi connectivity index (χ2n) is 7.24. The summed E-state index contributed by atoms with van der Waals surface area (Å²) in [7, 11) is 1.35. The smallest absolute Gasteiger partial charge is 0.410 e. The van der Waals surface area contributed by atoms with Gasteiger partial charge in [0.1, 0.15) is 11.9 Å². The van der Waals surface area contributed by atoms with Crippen LogP contribution in [0, 0.1) is 0 Å². The van der Waals surface area contributed by atoms with Crippen molar-refractivity contribution in [3.63, 3.8) is 0 Å². The zero-order valence-corrected chi connectivity index (χ0v) is 16.5. The highest BCUT2D eigenvalue weighted by Crippen LogP contribution is 2.23. The lowest BCUT2D eigenvalue weighted by Gasteiger charge is -2.37. The van der Waals surface area contributed by atoms with Gasteiger partial charge in [-0.3, -0.25) is 9.69 Å². The van der Waals surface area contributed by atoms with Crippen LogP contribution in [-0.2, 0) is 9.53 Å². The summed E-state index contributed by atoms with van der Waals surface area (Å²) in [6.45, 7) is 3.18. The molecule has 1 atom stereocenters. The third-order valence-electron chi connectivity index (χ3n) is 5.54. The van der Waals surface area contributed by atoms with Crippen molar-refractivity contribution in [1.82, 2.24) is 19.8 Å². The van der Waals surface area contributed by atoms with Gasteiger partial charge in [0.25, 0.3) is 0 Å². The number of hydrogen-bond acceptors (Lipinski definition) is 6. The summed E-state index contributed by atoms with van der Waals surface area (Å²) in [6.07, 6.45) is 2.87. The summed E-state index contributed by atoms with van der Waals surface area (Å²) < 4.78 is 4.82. The van der Waals surface area contributed by atoms with Crippen molar-refractivity contribution in [2.75, 3.05) is 44.7 Å². The van der Waals surface area contributed by atoms with Crippen LogP contribution in [0.5, 0.6) is 0 Å². The molecule has 8 nitrogen and oxygen atoms in total. The van der Waals surface area contributed by atoms with E-state index < -0.39 is 12.1 Å². The lowest BCUT2D eigenvalue weighted by atomic mass is 10.1. The van der Waals surface area contributed by atoms with Gasteiger partial charge in [0.05, 0.1) is 7.11 Å². The van der Waals surface area contributed by atoms with Crippen molar-refractivity contribution in [3.05, 3.63) is 42.6 Å². The molecule has 2 fully saturated rings. The first-order chi connectivity index (χ1) is 14.2. The molecule has 3 heterocycles. The van der Waals surface area contributed by atoms with Gasteiger partial charge >= 0.3 is 6.09 Å². The van der Waals surface area contributed by atoms with Crippen molar-refractivity contribution in [3.8, 4) is 11.4 Å². The molecule has 2 saturated heterocycles. The predicted molar refractivity (Wildman–Crippen MR) is 108 cm³/mol. The van der Waals surface area contributed by atoms with Gasteiger partial charge in [-0.1, -0.05) is 30.3 Å². The fourth-order valence-electron chi connectivity index (χ4n) is 3.98. The SMILES string of the molecule is COC(=O)N1CCCC1C(=O)N1CCN(c2ccnc(-c3ccccc3)n2)CC1. The van der Waals surface area contributed by atoms with E-state index in [0.717, 1.165) is 17.8 Å². The zero-order chi connectivity index (χ0) is 20.2. The highest BCUT2D eigenvalue weighted by atomic mass is 16.5. The number of hydrogen-bond donors (Lipinski definition) is 0. The molecule has 2 aliphatic rings. The summed E-state index contributed by atoms with van der Waals surface area (Å²) in [5, 5.41) is 0. The quantitative estimate of drug-likeness (QED) is 0.791. The van der Waals surface area contributed by atoms with Crippen LogP contribution >= 0.6 is 0 Å². The summed E-state index contributed by atoms with van der Waals surface area (Å²) >= 11 is 0. The summed E-state index contributed by atoms with van der Waals surface area (Å²) in [5.74, 6) is 1.57. The molecule has 0 aliphatic carbocycles. The Hall–Kier alpha value is -3.16. The molecule has 1 aromatic carbocycles. The number of methoxy groups -OCH3 is 1. The molecule has 152 valence electrons. The number of carbonyl (C=O) groups is 2. The molecule has 29 heavy (non-hydrogen) atoms. The first-order valence-corrected chi connectivity index (χ1v) is 9.94. The molecule has 0 spiro atoms. The van der Waals surface area contributed by atoms with Gasteiger partial charge < -0.3 is 14.5 Å². The Bertz CT molecular complexity index is 868. The van der Waals surface area contributed by atoms with Crippen molar-refractivity contribution < 1.29 is 14.3 Å². The summed E-state index contributed by atoms with van der Waals surface area (Å²) in [5.41, 5.74) is 0.979. The lowest BCUT2D eigenvalue weighted by Crippen LogP contribution is -2.54. The molecule has 0 N–H and O–H groups in total. The Morgan fingerprint density at radius 3 is 2.52 bits per heavy atom. The van der Waals surface area contributed by atoms with Crippen molar-refractivity contribution >= 4 is 17.8 Å². The standard InChI is InChI=1S/C21H25N5O3/c1-29-21(28)26-11-5-8-17(26)20(27)25-14-12-24(13-15-25)18-9-10-22-19(23-18)16-6-3-2-4-7-16/h2-4,6-7,9-10,17H,5,8,11-15H2,1H3. The van der Waals surface area contributed by atoms with Crippen LogP contribution < -0.4 is 4.90 Å². The van der Waals surface area contributed by atoms with Crippen LogP contribution in [0.1, 0.15) is 12.8 Å². The van der Waals surface area contributed by atoms with E-state index in [1.807, 2.05) is 41.3 Å². The van der Waals surface area contributed by atoms with Crippen molar-refractivity contribution in [2.45, 2.75) is 18.9 Å². The van der Waals surface area contributed by atoms with Gasteiger partial charge in [-0.25, -0.2) is 14.8 Å². The molecule has 1 aromatic heterocycles. The average molecular weight is 395 g/mol. The molecular weight excluding hydrogens is 370 g/mol. The average Bonchev–Trinajstić information content (AvgIpc) is 3.29. The number of anilines is 1. The molecule has 2 amide bonds. The molecule has 8 heteroatoms. The fraction of sp³-hybridized carbons (Fsp3) is 0.429. The number of carbonyl (C=O) groups excluding carboxylic acids is 2. The maximum absolute atomic E-state index is 12.9. The van der Waals surface area contributed by atoms with Crippen LogP contribution in [0.25, 0.3) is 11.4 Å².